The predicted molar refractivity (Wildman–Crippen MR) is 143 cm³/mol. The molecule has 188 valence electrons. The maximum absolute atomic E-state index is 14.5. The van der Waals surface area contributed by atoms with E-state index in [-0.39, 0.29) is 18.3 Å². The van der Waals surface area contributed by atoms with Gasteiger partial charge in [-0.15, -0.1) is 0 Å². The maximum Gasteiger partial charge on any atom is 0.238 e. The number of pyridine rings is 3. The number of fused-ring (bicyclic) bond motifs is 2. The number of likely N-dealkylation sites (N-methyl/N-ethyl adjacent to an activating group) is 1. The van der Waals surface area contributed by atoms with Gasteiger partial charge in [-0.05, 0) is 38.4 Å². The van der Waals surface area contributed by atoms with Gasteiger partial charge in [-0.2, -0.15) is 5.10 Å². The number of hydrogen-bond acceptors (Lipinski definition) is 7. The number of hydrogen-bond donors (Lipinski definition) is 3. The number of halogens is 1. The molecular weight excluding hydrogens is 485 g/mol. The minimum Gasteiger partial charge on any atom is -0.335 e. The number of aromatic amines is 2. The highest BCUT2D eigenvalue weighted by Gasteiger charge is 2.18. The number of carbonyl (C=O) groups is 1. The van der Waals surface area contributed by atoms with Crippen molar-refractivity contribution < 1.29 is 9.18 Å². The lowest BCUT2D eigenvalue weighted by Gasteiger charge is -2.10. The summed E-state index contributed by atoms with van der Waals surface area (Å²) in [6.45, 7) is 0.265. The summed E-state index contributed by atoms with van der Waals surface area (Å²) >= 11 is 0. The number of rotatable bonds is 6. The summed E-state index contributed by atoms with van der Waals surface area (Å²) in [6, 6.07) is 12.1. The van der Waals surface area contributed by atoms with Gasteiger partial charge in [0.25, 0.3) is 0 Å². The molecule has 6 rings (SSSR count). The molecule has 0 aliphatic heterocycles. The highest BCUT2D eigenvalue weighted by molar-refractivity contribution is 5.96. The largest absolute Gasteiger partial charge is 0.335 e. The average molecular weight is 508 g/mol. The van der Waals surface area contributed by atoms with Crippen molar-refractivity contribution >= 4 is 33.8 Å². The van der Waals surface area contributed by atoms with Crippen molar-refractivity contribution in [1.82, 2.24) is 40.0 Å². The van der Waals surface area contributed by atoms with Gasteiger partial charge in [0.05, 0.1) is 29.3 Å². The van der Waals surface area contributed by atoms with Gasteiger partial charge in [0.15, 0.2) is 17.1 Å². The summed E-state index contributed by atoms with van der Waals surface area (Å²) in [5, 5.41) is 10.9. The molecule has 0 atom stereocenters. The third-order valence-electron chi connectivity index (χ3n) is 6.02. The first-order chi connectivity index (χ1) is 18.5. The summed E-state index contributed by atoms with van der Waals surface area (Å²) in [6.07, 6.45) is 6.61. The van der Waals surface area contributed by atoms with E-state index in [0.717, 1.165) is 16.5 Å². The first-order valence-electron chi connectivity index (χ1n) is 11.8. The molecule has 6 aromatic rings. The number of benzene rings is 1. The number of carbonyl (C=O) groups excluding carboxylic acids is 1. The summed E-state index contributed by atoms with van der Waals surface area (Å²) < 4.78 is 14.5. The van der Waals surface area contributed by atoms with Crippen LogP contribution in [-0.2, 0) is 4.79 Å². The third-order valence-corrected chi connectivity index (χ3v) is 6.02. The van der Waals surface area contributed by atoms with Crippen LogP contribution in [0.5, 0.6) is 0 Å². The summed E-state index contributed by atoms with van der Waals surface area (Å²) in [5.41, 5.74) is 5.48. The van der Waals surface area contributed by atoms with Crippen LogP contribution in [0.2, 0.25) is 0 Å². The molecule has 0 aliphatic carbocycles. The highest BCUT2D eigenvalue weighted by Crippen LogP contribution is 2.32. The Morgan fingerprint density at radius 3 is 2.68 bits per heavy atom. The molecule has 0 saturated carbocycles. The van der Waals surface area contributed by atoms with E-state index in [9.17, 15) is 9.18 Å². The number of H-pyrrole nitrogens is 2. The van der Waals surface area contributed by atoms with Crippen molar-refractivity contribution in [1.29, 1.82) is 0 Å². The van der Waals surface area contributed by atoms with E-state index in [1.807, 2.05) is 26.2 Å². The zero-order chi connectivity index (χ0) is 26.2. The van der Waals surface area contributed by atoms with Crippen LogP contribution in [0.3, 0.4) is 0 Å². The summed E-state index contributed by atoms with van der Waals surface area (Å²) in [5.74, 6) is 0.0409. The molecule has 11 heteroatoms. The lowest BCUT2D eigenvalue weighted by molar-refractivity contribution is -0.116. The fraction of sp³-hybridized carbons (Fsp3) is 0.111. The van der Waals surface area contributed by atoms with Gasteiger partial charge in [0.1, 0.15) is 11.5 Å². The van der Waals surface area contributed by atoms with Crippen LogP contribution in [-0.4, -0.2) is 66.6 Å². The molecule has 0 fully saturated rings. The van der Waals surface area contributed by atoms with Gasteiger partial charge in [-0.25, -0.2) is 19.3 Å². The van der Waals surface area contributed by atoms with Gasteiger partial charge in [0.2, 0.25) is 5.91 Å². The van der Waals surface area contributed by atoms with Gasteiger partial charge in [0, 0.05) is 40.8 Å². The van der Waals surface area contributed by atoms with Crippen LogP contribution in [0.4, 0.5) is 10.1 Å². The molecule has 0 bridgehead atoms. The minimum atomic E-state index is -0.328. The molecule has 3 N–H and O–H groups in total. The second-order valence-electron chi connectivity index (χ2n) is 9.06. The Bertz CT molecular complexity index is 1810. The molecule has 5 heterocycles. The molecule has 0 radical (unpaired) electrons. The number of imidazole rings is 1. The number of aromatic nitrogens is 7. The van der Waals surface area contributed by atoms with E-state index in [1.54, 1.807) is 54.0 Å². The van der Waals surface area contributed by atoms with Crippen LogP contribution >= 0.6 is 0 Å². The van der Waals surface area contributed by atoms with E-state index < -0.39 is 0 Å². The molecule has 10 nitrogen and oxygen atoms in total. The lowest BCUT2D eigenvalue weighted by atomic mass is 10.1. The quantitative estimate of drug-likeness (QED) is 0.307. The monoisotopic (exact) mass is 507 g/mol. The topological polar surface area (TPSA) is 128 Å². The van der Waals surface area contributed by atoms with Crippen molar-refractivity contribution in [3.8, 4) is 33.8 Å². The van der Waals surface area contributed by atoms with Crippen LogP contribution in [0.15, 0.2) is 67.3 Å². The number of nitrogens with one attached hydrogen (secondary N) is 3. The summed E-state index contributed by atoms with van der Waals surface area (Å²) in [7, 11) is 3.66. The molecular formula is C27H22FN9O. The molecule has 0 aliphatic rings. The Morgan fingerprint density at radius 1 is 1.00 bits per heavy atom. The van der Waals surface area contributed by atoms with Gasteiger partial charge in [-0.1, -0.05) is 18.2 Å². The van der Waals surface area contributed by atoms with Crippen molar-refractivity contribution in [3.05, 3.63) is 73.1 Å². The van der Waals surface area contributed by atoms with Crippen LogP contribution in [0.1, 0.15) is 0 Å². The van der Waals surface area contributed by atoms with E-state index in [1.165, 1.54) is 6.07 Å². The molecule has 38 heavy (non-hydrogen) atoms. The maximum atomic E-state index is 14.5. The Labute approximate surface area is 216 Å². The first kappa shape index (κ1) is 23.4. The first-order valence-corrected chi connectivity index (χ1v) is 11.8. The van der Waals surface area contributed by atoms with Gasteiger partial charge >= 0.3 is 0 Å². The van der Waals surface area contributed by atoms with E-state index >= 15 is 0 Å². The fourth-order valence-electron chi connectivity index (χ4n) is 4.33. The van der Waals surface area contributed by atoms with Crippen LogP contribution in [0.25, 0.3) is 56.0 Å². The lowest BCUT2D eigenvalue weighted by Crippen LogP contribution is -2.27. The predicted octanol–water partition coefficient (Wildman–Crippen LogP) is 4.26. The summed E-state index contributed by atoms with van der Waals surface area (Å²) in [4.78, 5) is 35.0. The van der Waals surface area contributed by atoms with Crippen LogP contribution in [0, 0.1) is 5.82 Å². The Morgan fingerprint density at radius 2 is 1.84 bits per heavy atom. The molecule has 0 saturated heterocycles. The second-order valence-corrected chi connectivity index (χ2v) is 9.06. The standard InChI is InChI=1S/C27H22FN9O/c1-37(2)14-22(38)32-17-9-15(11-29-13-17)16-10-20-24(35-36-25(20)31-12-16)27-33-23-19(7-8-30-26(23)34-27)18-5-3-4-6-21(18)28/h3-13H,14H2,1-2H3,(H,32,38)(H,30,33,34)(H,31,35,36). The fourth-order valence-corrected chi connectivity index (χ4v) is 4.33. The Balaban J connectivity index is 1.39. The number of nitrogens with zero attached hydrogens (tertiary/aromatic N) is 6. The molecule has 5 aromatic heterocycles. The van der Waals surface area contributed by atoms with Crippen molar-refractivity contribution in [3.63, 3.8) is 0 Å². The van der Waals surface area contributed by atoms with Crippen LogP contribution < -0.4 is 5.32 Å². The average Bonchev–Trinajstić information content (AvgIpc) is 3.52. The smallest absolute Gasteiger partial charge is 0.238 e. The number of anilines is 1. The third kappa shape index (κ3) is 4.35. The molecule has 1 aromatic carbocycles. The zero-order valence-electron chi connectivity index (χ0n) is 20.5. The molecule has 0 unspecified atom stereocenters. The van der Waals surface area contributed by atoms with E-state index in [0.29, 0.717) is 45.1 Å². The van der Waals surface area contributed by atoms with E-state index in [4.69, 9.17) is 0 Å². The second kappa shape index (κ2) is 9.45. The number of amides is 1. The van der Waals surface area contributed by atoms with Crippen molar-refractivity contribution in [2.45, 2.75) is 0 Å². The molecule has 1 amide bonds. The minimum absolute atomic E-state index is 0.132. The Hall–Kier alpha value is -5.03. The Kier molecular flexibility index (Phi) is 5.81. The van der Waals surface area contributed by atoms with Crippen molar-refractivity contribution in [2.75, 3.05) is 26.0 Å². The molecule has 0 spiro atoms. The van der Waals surface area contributed by atoms with E-state index in [2.05, 4.69) is 40.4 Å². The van der Waals surface area contributed by atoms with Gasteiger partial charge in [-0.3, -0.25) is 14.9 Å². The normalized spacial score (nSPS) is 11.5. The highest BCUT2D eigenvalue weighted by atomic mass is 19.1. The zero-order valence-corrected chi connectivity index (χ0v) is 20.5. The van der Waals surface area contributed by atoms with Crippen molar-refractivity contribution in [2.24, 2.45) is 0 Å². The van der Waals surface area contributed by atoms with Gasteiger partial charge < -0.3 is 15.2 Å². The SMILES string of the molecule is CN(C)CC(=O)Nc1cncc(-c2cnc3n[nH]c(-c4nc5nccc(-c6ccccc6F)c5[nH]4)c3c2)c1.